The summed E-state index contributed by atoms with van der Waals surface area (Å²) in [5, 5.41) is 3.00. The number of amides is 2. The van der Waals surface area contributed by atoms with Crippen LogP contribution in [-0.4, -0.2) is 49.4 Å². The highest BCUT2D eigenvalue weighted by molar-refractivity contribution is 7.98. The molecule has 0 spiro atoms. The zero-order valence-corrected chi connectivity index (χ0v) is 14.5. The molecule has 1 fully saturated rings. The van der Waals surface area contributed by atoms with E-state index in [-0.39, 0.29) is 6.03 Å². The first-order valence-electron chi connectivity index (χ1n) is 8.26. The molecule has 1 aromatic heterocycles. The summed E-state index contributed by atoms with van der Waals surface area (Å²) in [6, 6.07) is 14.3. The fourth-order valence-corrected chi connectivity index (χ4v) is 3.47. The molecule has 3 rings (SSSR count). The quantitative estimate of drug-likeness (QED) is 0.818. The van der Waals surface area contributed by atoms with Crippen LogP contribution >= 0.6 is 11.8 Å². The summed E-state index contributed by atoms with van der Waals surface area (Å²) in [6.07, 6.45) is 1.69. The number of carbonyl (C=O) groups excluding carboxylic acids is 1. The van der Waals surface area contributed by atoms with Crippen molar-refractivity contribution in [1.29, 1.82) is 0 Å². The van der Waals surface area contributed by atoms with E-state index >= 15 is 0 Å². The van der Waals surface area contributed by atoms with Gasteiger partial charge in [0, 0.05) is 44.2 Å². The van der Waals surface area contributed by atoms with Crippen molar-refractivity contribution in [3.8, 4) is 0 Å². The molecule has 5 nitrogen and oxygen atoms in total. The average molecular weight is 345 g/mol. The van der Waals surface area contributed by atoms with E-state index in [0.717, 1.165) is 43.4 Å². The predicted octanol–water partition coefficient (Wildman–Crippen LogP) is 3.04. The van der Waals surface area contributed by atoms with Gasteiger partial charge in [-0.1, -0.05) is 18.2 Å². The number of thioether (sulfide) groups is 1. The molecule has 1 aromatic carbocycles. The van der Waals surface area contributed by atoms with Gasteiger partial charge >= 0.3 is 6.03 Å². The van der Waals surface area contributed by atoms with Gasteiger partial charge in [0.15, 0.2) is 0 Å². The fourth-order valence-electron chi connectivity index (χ4n) is 2.72. The van der Waals surface area contributed by atoms with Crippen LogP contribution in [0, 0.1) is 0 Å². The largest absolute Gasteiger partial charge is 0.468 e. The Kier molecular flexibility index (Phi) is 6.07. The summed E-state index contributed by atoms with van der Waals surface area (Å²) in [5.74, 6) is 2.71. The molecule has 24 heavy (non-hydrogen) atoms. The molecule has 0 saturated carbocycles. The van der Waals surface area contributed by atoms with Crippen molar-refractivity contribution in [3.05, 3.63) is 54.5 Å². The third-order valence-corrected chi connectivity index (χ3v) is 5.02. The lowest BCUT2D eigenvalue weighted by Crippen LogP contribution is -2.52. The van der Waals surface area contributed by atoms with Gasteiger partial charge in [-0.2, -0.15) is 11.8 Å². The van der Waals surface area contributed by atoms with Gasteiger partial charge < -0.3 is 19.5 Å². The van der Waals surface area contributed by atoms with Crippen LogP contribution in [0.25, 0.3) is 0 Å². The second-order valence-electron chi connectivity index (χ2n) is 5.67. The molecule has 0 bridgehead atoms. The number of furan rings is 1. The van der Waals surface area contributed by atoms with Crippen molar-refractivity contribution < 1.29 is 9.21 Å². The van der Waals surface area contributed by atoms with Crippen molar-refractivity contribution >= 4 is 23.5 Å². The van der Waals surface area contributed by atoms with E-state index < -0.39 is 0 Å². The van der Waals surface area contributed by atoms with Gasteiger partial charge in [0.05, 0.1) is 12.0 Å². The van der Waals surface area contributed by atoms with Crippen molar-refractivity contribution in [2.45, 2.75) is 5.75 Å². The number of piperazine rings is 1. The standard InChI is InChI=1S/C18H23N3O2S/c22-18(19-8-14-24-15-17-7-4-13-23-17)21-11-9-20(10-12-21)16-5-2-1-3-6-16/h1-7,13H,8-12,14-15H2,(H,19,22). The number of hydrogen-bond donors (Lipinski definition) is 1. The molecule has 0 aliphatic carbocycles. The van der Waals surface area contributed by atoms with Crippen molar-refractivity contribution in [2.75, 3.05) is 43.4 Å². The van der Waals surface area contributed by atoms with Crippen LogP contribution in [0.2, 0.25) is 0 Å². The Morgan fingerprint density at radius 2 is 1.88 bits per heavy atom. The molecule has 0 atom stereocenters. The van der Waals surface area contributed by atoms with Crippen LogP contribution in [0.3, 0.4) is 0 Å². The number of nitrogens with zero attached hydrogens (tertiary/aromatic N) is 2. The Bertz CT molecular complexity index is 610. The first-order valence-corrected chi connectivity index (χ1v) is 9.41. The van der Waals surface area contributed by atoms with Gasteiger partial charge in [0.2, 0.25) is 0 Å². The summed E-state index contributed by atoms with van der Waals surface area (Å²) in [6.45, 7) is 3.97. The monoisotopic (exact) mass is 345 g/mol. The van der Waals surface area contributed by atoms with Gasteiger partial charge in [0.25, 0.3) is 0 Å². The number of carbonyl (C=O) groups is 1. The van der Waals surface area contributed by atoms with Crippen LogP contribution < -0.4 is 10.2 Å². The molecule has 2 amide bonds. The minimum Gasteiger partial charge on any atom is -0.468 e. The summed E-state index contributed by atoms with van der Waals surface area (Å²) >= 11 is 1.76. The highest BCUT2D eigenvalue weighted by Gasteiger charge is 2.20. The van der Waals surface area contributed by atoms with Gasteiger partial charge in [-0.15, -0.1) is 0 Å². The van der Waals surface area contributed by atoms with Gasteiger partial charge in [0.1, 0.15) is 5.76 Å². The number of nitrogens with one attached hydrogen (secondary N) is 1. The first kappa shape index (κ1) is 16.8. The SMILES string of the molecule is O=C(NCCSCc1ccco1)N1CCN(c2ccccc2)CC1. The molecule has 128 valence electrons. The fraction of sp³-hybridized carbons (Fsp3) is 0.389. The number of anilines is 1. The molecule has 1 aliphatic rings. The molecule has 1 aliphatic heterocycles. The zero-order chi connectivity index (χ0) is 16.6. The van der Waals surface area contributed by atoms with Crippen LogP contribution in [-0.2, 0) is 5.75 Å². The minimum absolute atomic E-state index is 0.0429. The van der Waals surface area contributed by atoms with E-state index in [9.17, 15) is 4.79 Å². The minimum atomic E-state index is 0.0429. The Balaban J connectivity index is 1.32. The molecular formula is C18H23N3O2S. The zero-order valence-electron chi connectivity index (χ0n) is 13.7. The molecule has 0 unspecified atom stereocenters. The summed E-state index contributed by atoms with van der Waals surface area (Å²) in [4.78, 5) is 16.4. The van der Waals surface area contributed by atoms with E-state index in [0.29, 0.717) is 6.54 Å². The molecule has 1 N–H and O–H groups in total. The first-order chi connectivity index (χ1) is 11.8. The molecular weight excluding hydrogens is 322 g/mol. The lowest BCUT2D eigenvalue weighted by molar-refractivity contribution is 0.195. The summed E-state index contributed by atoms with van der Waals surface area (Å²) in [7, 11) is 0. The number of urea groups is 1. The van der Waals surface area contributed by atoms with Gasteiger partial charge in [-0.3, -0.25) is 0 Å². The van der Waals surface area contributed by atoms with E-state index in [4.69, 9.17) is 4.42 Å². The maximum absolute atomic E-state index is 12.2. The second kappa shape index (κ2) is 8.68. The maximum atomic E-state index is 12.2. The third-order valence-electron chi connectivity index (χ3n) is 4.04. The number of hydrogen-bond acceptors (Lipinski definition) is 4. The van der Waals surface area contributed by atoms with Crippen LogP contribution in [0.5, 0.6) is 0 Å². The van der Waals surface area contributed by atoms with E-state index in [2.05, 4.69) is 34.5 Å². The summed E-state index contributed by atoms with van der Waals surface area (Å²) in [5.41, 5.74) is 1.23. The molecule has 1 saturated heterocycles. The molecule has 0 radical (unpaired) electrons. The maximum Gasteiger partial charge on any atom is 0.317 e. The Labute approximate surface area is 147 Å². The molecule has 2 heterocycles. The second-order valence-corrected chi connectivity index (χ2v) is 6.78. The topological polar surface area (TPSA) is 48.7 Å². The molecule has 2 aromatic rings. The van der Waals surface area contributed by atoms with Crippen molar-refractivity contribution in [3.63, 3.8) is 0 Å². The van der Waals surface area contributed by atoms with Crippen molar-refractivity contribution in [1.82, 2.24) is 10.2 Å². The van der Waals surface area contributed by atoms with Gasteiger partial charge in [-0.05, 0) is 24.3 Å². The van der Waals surface area contributed by atoms with Gasteiger partial charge in [-0.25, -0.2) is 4.79 Å². The highest BCUT2D eigenvalue weighted by atomic mass is 32.2. The van der Waals surface area contributed by atoms with E-state index in [1.54, 1.807) is 18.0 Å². The predicted molar refractivity (Wildman–Crippen MR) is 98.5 cm³/mol. The van der Waals surface area contributed by atoms with Crippen LogP contribution in [0.1, 0.15) is 5.76 Å². The number of benzene rings is 1. The van der Waals surface area contributed by atoms with Crippen LogP contribution in [0.15, 0.2) is 53.1 Å². The summed E-state index contributed by atoms with van der Waals surface area (Å²) < 4.78 is 5.28. The van der Waals surface area contributed by atoms with E-state index in [1.807, 2.05) is 23.1 Å². The van der Waals surface area contributed by atoms with Crippen molar-refractivity contribution in [2.24, 2.45) is 0 Å². The Morgan fingerprint density at radius 1 is 1.08 bits per heavy atom. The normalized spacial score (nSPS) is 14.7. The average Bonchev–Trinajstić information content (AvgIpc) is 3.16. The highest BCUT2D eigenvalue weighted by Crippen LogP contribution is 2.15. The smallest absolute Gasteiger partial charge is 0.317 e. The lowest BCUT2D eigenvalue weighted by atomic mass is 10.2. The molecule has 6 heteroatoms. The number of rotatable bonds is 6. The van der Waals surface area contributed by atoms with E-state index in [1.165, 1.54) is 5.69 Å². The lowest BCUT2D eigenvalue weighted by Gasteiger charge is -2.36. The van der Waals surface area contributed by atoms with Crippen LogP contribution in [0.4, 0.5) is 10.5 Å². The number of para-hydroxylation sites is 1. The Hall–Kier alpha value is -2.08. The Morgan fingerprint density at radius 3 is 2.58 bits per heavy atom. The third kappa shape index (κ3) is 4.71.